The van der Waals surface area contributed by atoms with E-state index in [1.807, 2.05) is 34.6 Å². The minimum absolute atomic E-state index is 0. The van der Waals surface area contributed by atoms with Crippen LogP contribution in [0.4, 0.5) is 0 Å². The molecule has 0 bridgehead atoms. The van der Waals surface area contributed by atoms with E-state index in [9.17, 15) is 4.79 Å². The summed E-state index contributed by atoms with van der Waals surface area (Å²) in [7, 11) is 0. The van der Waals surface area contributed by atoms with Gasteiger partial charge in [0.25, 0.3) is 0 Å². The van der Waals surface area contributed by atoms with Crippen LogP contribution in [0.3, 0.4) is 0 Å². The molecule has 0 radical (unpaired) electrons. The molecule has 0 spiro atoms. The third-order valence-electron chi connectivity index (χ3n) is 2.37. The summed E-state index contributed by atoms with van der Waals surface area (Å²) in [4.78, 5) is 10.6. The van der Waals surface area contributed by atoms with E-state index in [0.717, 1.165) is 5.92 Å². The Kier molecular flexibility index (Phi) is 15.8. The zero-order valence-corrected chi connectivity index (χ0v) is 15.0. The maximum atomic E-state index is 10.6. The highest BCUT2D eigenvalue weighted by Gasteiger charge is 2.03. The molecule has 1 rings (SSSR count). The second-order valence-corrected chi connectivity index (χ2v) is 5.49. The lowest BCUT2D eigenvalue weighted by molar-refractivity contribution is -0.143. The third kappa shape index (κ3) is 16.6. The molecule has 0 aromatic heterocycles. The van der Waals surface area contributed by atoms with Gasteiger partial charge in [-0.2, -0.15) is 0 Å². The molecule has 0 saturated heterocycles. The molecule has 1 aromatic carbocycles. The predicted molar refractivity (Wildman–Crippen MR) is 94.5 cm³/mol. The summed E-state index contributed by atoms with van der Waals surface area (Å²) in [5.41, 5.74) is 1.44. The molecule has 124 valence electrons. The Balaban J connectivity index is -0.000000285. The van der Waals surface area contributed by atoms with Gasteiger partial charge in [-0.15, -0.1) is 0 Å². The van der Waals surface area contributed by atoms with Gasteiger partial charge in [0.05, 0.1) is 6.61 Å². The fourth-order valence-corrected chi connectivity index (χ4v) is 1.64. The van der Waals surface area contributed by atoms with Crippen LogP contribution in [0.25, 0.3) is 0 Å². The van der Waals surface area contributed by atoms with Gasteiger partial charge in [-0.25, -0.2) is 0 Å². The first-order valence-electron chi connectivity index (χ1n) is 8.15. The van der Waals surface area contributed by atoms with Crippen molar-refractivity contribution in [3.63, 3.8) is 0 Å². The van der Waals surface area contributed by atoms with E-state index in [1.165, 1.54) is 12.0 Å². The molecule has 0 aliphatic rings. The SMILES string of the molecule is CC.CC(C)Cc1ccccc1.CCOC(=O)CC(C)C.[HH]. The fraction of sp³-hybridized carbons (Fsp3) is 0.632. The zero-order chi connectivity index (χ0) is 16.7. The highest BCUT2D eigenvalue weighted by molar-refractivity contribution is 5.69. The third-order valence-corrected chi connectivity index (χ3v) is 2.37. The van der Waals surface area contributed by atoms with Crippen molar-refractivity contribution in [3.8, 4) is 0 Å². The van der Waals surface area contributed by atoms with Gasteiger partial charge in [0.2, 0.25) is 0 Å². The molecule has 0 amide bonds. The molecule has 0 aliphatic carbocycles. The Labute approximate surface area is 133 Å². The topological polar surface area (TPSA) is 26.3 Å². The van der Waals surface area contributed by atoms with Gasteiger partial charge in [0.1, 0.15) is 0 Å². The molecule has 0 unspecified atom stereocenters. The van der Waals surface area contributed by atoms with Crippen molar-refractivity contribution in [2.45, 2.75) is 61.3 Å². The van der Waals surface area contributed by atoms with Crippen LogP contribution in [0.15, 0.2) is 30.3 Å². The molecule has 2 nitrogen and oxygen atoms in total. The van der Waals surface area contributed by atoms with Crippen LogP contribution in [0, 0.1) is 11.8 Å². The summed E-state index contributed by atoms with van der Waals surface area (Å²) in [6.07, 6.45) is 1.73. The quantitative estimate of drug-likeness (QED) is 0.646. The van der Waals surface area contributed by atoms with Gasteiger partial charge in [0.15, 0.2) is 0 Å². The van der Waals surface area contributed by atoms with E-state index < -0.39 is 0 Å². The molecular weight excluding hydrogens is 260 g/mol. The summed E-state index contributed by atoms with van der Waals surface area (Å²) in [6, 6.07) is 10.6. The summed E-state index contributed by atoms with van der Waals surface area (Å²) < 4.78 is 4.71. The molecule has 0 heterocycles. The summed E-state index contributed by atoms with van der Waals surface area (Å²) in [5.74, 6) is 1.08. The molecular formula is C19H36O2. The average Bonchev–Trinajstić information content (AvgIpc) is 2.41. The molecule has 0 saturated carbocycles. The number of esters is 1. The van der Waals surface area contributed by atoms with Gasteiger partial charge in [-0.05, 0) is 30.7 Å². The molecule has 0 aliphatic heterocycles. The number of ether oxygens (including phenoxy) is 1. The van der Waals surface area contributed by atoms with Crippen molar-refractivity contribution in [1.29, 1.82) is 0 Å². The second-order valence-electron chi connectivity index (χ2n) is 5.49. The number of hydrogen-bond acceptors (Lipinski definition) is 2. The molecule has 2 heteroatoms. The van der Waals surface area contributed by atoms with E-state index >= 15 is 0 Å². The predicted octanol–water partition coefficient (Wildman–Crippen LogP) is 5.75. The summed E-state index contributed by atoms with van der Waals surface area (Å²) in [5, 5.41) is 0. The van der Waals surface area contributed by atoms with Gasteiger partial charge >= 0.3 is 5.97 Å². The normalized spacial score (nSPS) is 9.38. The lowest BCUT2D eigenvalue weighted by Gasteiger charge is -2.02. The van der Waals surface area contributed by atoms with Gasteiger partial charge in [-0.1, -0.05) is 71.9 Å². The van der Waals surface area contributed by atoms with Crippen molar-refractivity contribution < 1.29 is 11.0 Å². The molecule has 0 fully saturated rings. The number of rotatable bonds is 5. The van der Waals surface area contributed by atoms with Crippen LogP contribution < -0.4 is 0 Å². The lowest BCUT2D eigenvalue weighted by atomic mass is 10.0. The first-order chi connectivity index (χ1) is 9.95. The van der Waals surface area contributed by atoms with Crippen LogP contribution >= 0.6 is 0 Å². The summed E-state index contributed by atoms with van der Waals surface area (Å²) >= 11 is 0. The van der Waals surface area contributed by atoms with Crippen molar-refractivity contribution in [2.75, 3.05) is 6.61 Å². The Bertz CT molecular complexity index is 335. The van der Waals surface area contributed by atoms with E-state index in [1.54, 1.807) is 0 Å². The maximum Gasteiger partial charge on any atom is 0.306 e. The van der Waals surface area contributed by atoms with E-state index in [0.29, 0.717) is 18.9 Å². The highest BCUT2D eigenvalue weighted by Crippen LogP contribution is 2.06. The molecule has 21 heavy (non-hydrogen) atoms. The lowest BCUT2D eigenvalue weighted by Crippen LogP contribution is -2.06. The first-order valence-corrected chi connectivity index (χ1v) is 8.15. The van der Waals surface area contributed by atoms with Crippen molar-refractivity contribution in [3.05, 3.63) is 35.9 Å². The highest BCUT2D eigenvalue weighted by atomic mass is 16.5. The zero-order valence-electron chi connectivity index (χ0n) is 15.0. The van der Waals surface area contributed by atoms with Crippen LogP contribution in [0.2, 0.25) is 0 Å². The number of carbonyl (C=O) groups excluding carboxylic acids is 1. The fourth-order valence-electron chi connectivity index (χ4n) is 1.64. The Morgan fingerprint density at radius 1 is 1.05 bits per heavy atom. The number of benzene rings is 1. The second kappa shape index (κ2) is 15.1. The Hall–Kier alpha value is -1.31. The van der Waals surface area contributed by atoms with Crippen LogP contribution in [-0.2, 0) is 16.0 Å². The van der Waals surface area contributed by atoms with Crippen LogP contribution in [-0.4, -0.2) is 12.6 Å². The van der Waals surface area contributed by atoms with Crippen LogP contribution in [0.1, 0.15) is 61.9 Å². The van der Waals surface area contributed by atoms with Crippen molar-refractivity contribution in [1.82, 2.24) is 0 Å². The minimum atomic E-state index is -0.0903. The van der Waals surface area contributed by atoms with Gasteiger partial charge in [-0.3, -0.25) is 4.79 Å². The maximum absolute atomic E-state index is 10.6. The van der Waals surface area contributed by atoms with Gasteiger partial charge < -0.3 is 4.74 Å². The van der Waals surface area contributed by atoms with E-state index in [-0.39, 0.29) is 7.40 Å². The smallest absolute Gasteiger partial charge is 0.306 e. The van der Waals surface area contributed by atoms with Crippen molar-refractivity contribution >= 4 is 5.97 Å². The largest absolute Gasteiger partial charge is 0.466 e. The number of hydrogen-bond donors (Lipinski definition) is 0. The first kappa shape index (κ1) is 22.0. The van der Waals surface area contributed by atoms with E-state index in [4.69, 9.17) is 4.74 Å². The Morgan fingerprint density at radius 2 is 1.57 bits per heavy atom. The monoisotopic (exact) mass is 296 g/mol. The van der Waals surface area contributed by atoms with Crippen LogP contribution in [0.5, 0.6) is 0 Å². The molecule has 0 N–H and O–H groups in total. The average molecular weight is 296 g/mol. The Morgan fingerprint density at radius 3 is 1.95 bits per heavy atom. The van der Waals surface area contributed by atoms with Crippen molar-refractivity contribution in [2.24, 2.45) is 11.8 Å². The number of carbonyl (C=O) groups is 1. The van der Waals surface area contributed by atoms with E-state index in [2.05, 4.69) is 44.2 Å². The molecule has 0 atom stereocenters. The van der Waals surface area contributed by atoms with Gasteiger partial charge in [0, 0.05) is 7.85 Å². The summed E-state index contributed by atoms with van der Waals surface area (Å²) in [6.45, 7) is 14.8. The minimum Gasteiger partial charge on any atom is -0.466 e. The standard InChI is InChI=1S/C10H14.C7H14O2.C2H6.H2/c1-9(2)8-10-6-4-3-5-7-10;1-4-9-7(8)5-6(2)3;1-2;/h3-7,9H,8H2,1-2H3;6H,4-5H2,1-3H3;1-2H3;1H. The molecule has 1 aromatic rings.